The Morgan fingerprint density at radius 3 is 2.86 bits per heavy atom. The minimum absolute atomic E-state index is 0.101. The second-order valence-corrected chi connectivity index (χ2v) is 3.18. The summed E-state index contributed by atoms with van der Waals surface area (Å²) in [6, 6.07) is -0.475. The lowest BCUT2D eigenvalue weighted by molar-refractivity contribution is -0.131. The summed E-state index contributed by atoms with van der Waals surface area (Å²) >= 11 is 0. The highest BCUT2D eigenvalue weighted by atomic mass is 16.2. The van der Waals surface area contributed by atoms with Crippen LogP contribution < -0.4 is 5.73 Å². The summed E-state index contributed by atoms with van der Waals surface area (Å²) in [5, 5.41) is 0. The number of hydrogen-bond donors (Lipinski definition) is 1. The molecule has 1 atom stereocenters. The van der Waals surface area contributed by atoms with Crippen molar-refractivity contribution in [1.82, 2.24) is 14.9 Å². The third-order valence-electron chi connectivity index (χ3n) is 1.78. The summed E-state index contributed by atoms with van der Waals surface area (Å²) in [6.07, 6.45) is 4.82. The third kappa shape index (κ3) is 2.77. The van der Waals surface area contributed by atoms with E-state index in [-0.39, 0.29) is 5.91 Å². The van der Waals surface area contributed by atoms with Crippen molar-refractivity contribution in [2.24, 2.45) is 5.73 Å². The highest BCUT2D eigenvalue weighted by Gasteiger charge is 2.13. The number of nitrogens with two attached hydrogens (primary N) is 1. The molecule has 0 fully saturated rings. The molecule has 1 amide bonds. The fourth-order valence-electron chi connectivity index (χ4n) is 1.08. The van der Waals surface area contributed by atoms with E-state index in [4.69, 9.17) is 5.73 Å². The van der Waals surface area contributed by atoms with Gasteiger partial charge in [-0.15, -0.1) is 0 Å². The first-order valence-electron chi connectivity index (χ1n) is 4.36. The number of carbonyl (C=O) groups is 1. The Morgan fingerprint density at radius 1 is 1.64 bits per heavy atom. The Morgan fingerprint density at radius 2 is 2.36 bits per heavy atom. The summed E-state index contributed by atoms with van der Waals surface area (Å²) < 4.78 is 0. The number of hydrogen-bond acceptors (Lipinski definition) is 4. The van der Waals surface area contributed by atoms with Gasteiger partial charge in [0.15, 0.2) is 0 Å². The van der Waals surface area contributed by atoms with Crippen LogP contribution in [0.3, 0.4) is 0 Å². The molecule has 2 N–H and O–H groups in total. The van der Waals surface area contributed by atoms with E-state index in [1.54, 1.807) is 32.6 Å². The molecule has 0 unspecified atom stereocenters. The Hall–Kier alpha value is -1.49. The first-order chi connectivity index (χ1) is 6.61. The number of rotatable bonds is 3. The van der Waals surface area contributed by atoms with Crippen LogP contribution in [0.1, 0.15) is 12.6 Å². The molecule has 0 spiro atoms. The van der Waals surface area contributed by atoms with E-state index in [0.29, 0.717) is 6.54 Å². The van der Waals surface area contributed by atoms with Gasteiger partial charge in [0.1, 0.15) is 0 Å². The number of aromatic nitrogens is 2. The predicted octanol–water partition coefficient (Wildman–Crippen LogP) is -0.218. The first kappa shape index (κ1) is 10.6. The van der Waals surface area contributed by atoms with E-state index < -0.39 is 6.04 Å². The highest BCUT2D eigenvalue weighted by Crippen LogP contribution is 1.98. The number of carbonyl (C=O) groups excluding carboxylic acids is 1. The minimum atomic E-state index is -0.475. The first-order valence-corrected chi connectivity index (χ1v) is 4.36. The van der Waals surface area contributed by atoms with Crippen molar-refractivity contribution in [3.63, 3.8) is 0 Å². The Balaban J connectivity index is 2.57. The zero-order valence-electron chi connectivity index (χ0n) is 8.34. The highest BCUT2D eigenvalue weighted by molar-refractivity contribution is 5.80. The van der Waals surface area contributed by atoms with Gasteiger partial charge in [-0.3, -0.25) is 14.8 Å². The summed E-state index contributed by atoms with van der Waals surface area (Å²) in [5.74, 6) is -0.101. The van der Waals surface area contributed by atoms with Crippen LogP contribution in [-0.2, 0) is 11.3 Å². The van der Waals surface area contributed by atoms with Gasteiger partial charge in [-0.2, -0.15) is 0 Å². The van der Waals surface area contributed by atoms with Gasteiger partial charge < -0.3 is 10.6 Å². The SMILES string of the molecule is C[C@H](N)C(=O)N(C)Cc1cnccn1. The zero-order valence-corrected chi connectivity index (χ0v) is 8.34. The van der Waals surface area contributed by atoms with Crippen LogP contribution in [0.15, 0.2) is 18.6 Å². The fourth-order valence-corrected chi connectivity index (χ4v) is 1.08. The molecule has 0 aliphatic carbocycles. The van der Waals surface area contributed by atoms with Gasteiger partial charge >= 0.3 is 0 Å². The summed E-state index contributed by atoms with van der Waals surface area (Å²) in [6.45, 7) is 2.10. The van der Waals surface area contributed by atoms with Crippen molar-refractivity contribution < 1.29 is 4.79 Å². The molecule has 5 heteroatoms. The van der Waals surface area contributed by atoms with E-state index >= 15 is 0 Å². The van der Waals surface area contributed by atoms with E-state index in [1.165, 1.54) is 4.90 Å². The lowest BCUT2D eigenvalue weighted by Gasteiger charge is -2.18. The molecule has 0 aromatic carbocycles. The van der Waals surface area contributed by atoms with Crippen LogP contribution in [-0.4, -0.2) is 33.9 Å². The molecule has 5 nitrogen and oxygen atoms in total. The molecule has 1 aromatic rings. The van der Waals surface area contributed by atoms with Crippen molar-refractivity contribution in [3.05, 3.63) is 24.3 Å². The maximum Gasteiger partial charge on any atom is 0.239 e. The monoisotopic (exact) mass is 194 g/mol. The molecular formula is C9H14N4O. The maximum atomic E-state index is 11.4. The van der Waals surface area contributed by atoms with E-state index in [0.717, 1.165) is 5.69 Å². The molecule has 0 radical (unpaired) electrons. The molecule has 1 aromatic heterocycles. The van der Waals surface area contributed by atoms with Crippen molar-refractivity contribution in [3.8, 4) is 0 Å². The Kier molecular flexibility index (Phi) is 3.53. The standard InChI is InChI=1S/C9H14N4O/c1-7(10)9(14)13(2)6-8-5-11-3-4-12-8/h3-5,7H,6,10H2,1-2H3/t7-/m0/s1. The fraction of sp³-hybridized carbons (Fsp3) is 0.444. The average molecular weight is 194 g/mol. The van der Waals surface area contributed by atoms with Crippen LogP contribution in [0.5, 0.6) is 0 Å². The Labute approximate surface area is 83.0 Å². The second-order valence-electron chi connectivity index (χ2n) is 3.18. The minimum Gasteiger partial charge on any atom is -0.338 e. The molecule has 14 heavy (non-hydrogen) atoms. The summed E-state index contributed by atoms with van der Waals surface area (Å²) in [7, 11) is 1.69. The van der Waals surface area contributed by atoms with Crippen LogP contribution in [0, 0.1) is 0 Å². The number of nitrogens with zero attached hydrogens (tertiary/aromatic N) is 3. The van der Waals surface area contributed by atoms with Gasteiger partial charge in [0.05, 0.1) is 24.5 Å². The number of amides is 1. The van der Waals surface area contributed by atoms with Gasteiger partial charge in [-0.25, -0.2) is 0 Å². The van der Waals surface area contributed by atoms with E-state index in [2.05, 4.69) is 9.97 Å². The lowest BCUT2D eigenvalue weighted by atomic mass is 10.3. The quantitative estimate of drug-likeness (QED) is 0.722. The Bertz CT molecular complexity index is 299. The topological polar surface area (TPSA) is 72.1 Å². The lowest BCUT2D eigenvalue weighted by Crippen LogP contribution is -2.39. The van der Waals surface area contributed by atoms with Crippen molar-refractivity contribution >= 4 is 5.91 Å². The molecular weight excluding hydrogens is 180 g/mol. The molecule has 0 aliphatic heterocycles. The van der Waals surface area contributed by atoms with Gasteiger partial charge in [0.25, 0.3) is 0 Å². The van der Waals surface area contributed by atoms with Crippen molar-refractivity contribution in [1.29, 1.82) is 0 Å². The summed E-state index contributed by atoms with van der Waals surface area (Å²) in [4.78, 5) is 20.9. The average Bonchev–Trinajstić information content (AvgIpc) is 2.18. The van der Waals surface area contributed by atoms with Gasteiger partial charge in [-0.05, 0) is 6.92 Å². The molecule has 1 rings (SSSR count). The molecule has 76 valence electrons. The molecule has 0 bridgehead atoms. The van der Waals surface area contributed by atoms with E-state index in [9.17, 15) is 4.79 Å². The summed E-state index contributed by atoms with van der Waals surface area (Å²) in [5.41, 5.74) is 6.22. The predicted molar refractivity (Wildman–Crippen MR) is 52.2 cm³/mol. The smallest absolute Gasteiger partial charge is 0.239 e. The molecule has 0 aliphatic rings. The molecule has 0 saturated heterocycles. The van der Waals surface area contributed by atoms with Crippen LogP contribution >= 0.6 is 0 Å². The molecule has 0 saturated carbocycles. The van der Waals surface area contributed by atoms with Gasteiger partial charge in [0.2, 0.25) is 5.91 Å². The third-order valence-corrected chi connectivity index (χ3v) is 1.78. The maximum absolute atomic E-state index is 11.4. The molecule has 1 heterocycles. The van der Waals surface area contributed by atoms with Crippen LogP contribution in [0.4, 0.5) is 0 Å². The van der Waals surface area contributed by atoms with E-state index in [1.807, 2.05) is 0 Å². The number of likely N-dealkylation sites (N-methyl/N-ethyl adjacent to an activating group) is 1. The largest absolute Gasteiger partial charge is 0.338 e. The van der Waals surface area contributed by atoms with Crippen molar-refractivity contribution in [2.75, 3.05) is 7.05 Å². The van der Waals surface area contributed by atoms with Crippen molar-refractivity contribution in [2.45, 2.75) is 19.5 Å². The van der Waals surface area contributed by atoms with Crippen LogP contribution in [0.25, 0.3) is 0 Å². The normalized spacial score (nSPS) is 12.2. The van der Waals surface area contributed by atoms with Crippen LogP contribution in [0.2, 0.25) is 0 Å². The van der Waals surface area contributed by atoms with Gasteiger partial charge in [-0.1, -0.05) is 0 Å². The second kappa shape index (κ2) is 4.66. The van der Waals surface area contributed by atoms with Gasteiger partial charge in [0, 0.05) is 19.4 Å². The zero-order chi connectivity index (χ0) is 10.6.